The van der Waals surface area contributed by atoms with Crippen LogP contribution in [0.3, 0.4) is 0 Å². The lowest BCUT2D eigenvalue weighted by Gasteiger charge is -2.46. The van der Waals surface area contributed by atoms with Crippen LogP contribution in [0.15, 0.2) is 18.2 Å². The molecule has 4 atom stereocenters. The number of carbonyl (C=O) groups excluding carboxylic acids is 1. The van der Waals surface area contributed by atoms with Gasteiger partial charge in [-0.15, -0.1) is 0 Å². The molecular weight excluding hydrogens is 390 g/mol. The highest BCUT2D eigenvalue weighted by Gasteiger charge is 2.53. The van der Waals surface area contributed by atoms with Crippen molar-refractivity contribution in [2.75, 3.05) is 38.5 Å². The third-order valence-electron chi connectivity index (χ3n) is 6.14. The van der Waals surface area contributed by atoms with E-state index >= 15 is 0 Å². The summed E-state index contributed by atoms with van der Waals surface area (Å²) in [5.41, 5.74) is 4.72. The predicted octanol–water partition coefficient (Wildman–Crippen LogP) is 0.0281. The second-order valence-electron chi connectivity index (χ2n) is 8.32. The molecule has 0 radical (unpaired) electrons. The van der Waals surface area contributed by atoms with Crippen molar-refractivity contribution in [3.63, 3.8) is 0 Å². The van der Waals surface area contributed by atoms with Gasteiger partial charge in [0.25, 0.3) is 5.91 Å². The second-order valence-corrected chi connectivity index (χ2v) is 8.32. The zero-order valence-electron chi connectivity index (χ0n) is 16.5. The number of nitrogens with one attached hydrogen (secondary N) is 1. The van der Waals surface area contributed by atoms with Crippen LogP contribution >= 0.6 is 0 Å². The Morgan fingerprint density at radius 2 is 1.90 bits per heavy atom. The number of likely N-dealkylation sites (tertiary alicyclic amines) is 2. The molecule has 3 aliphatic heterocycles. The zero-order chi connectivity index (χ0) is 21.5. The molecule has 3 heterocycles. The first-order valence-electron chi connectivity index (χ1n) is 10.0. The summed E-state index contributed by atoms with van der Waals surface area (Å²) in [5, 5.41) is 32.3. The number of hydrogen-bond acceptors (Lipinski definition) is 7. The van der Waals surface area contributed by atoms with Crippen LogP contribution in [-0.4, -0.2) is 76.6 Å². The summed E-state index contributed by atoms with van der Waals surface area (Å²) in [5.74, 6) is -0.0515. The highest BCUT2D eigenvalue weighted by molar-refractivity contribution is 5.86. The van der Waals surface area contributed by atoms with Crippen LogP contribution in [0.2, 0.25) is 0 Å². The number of benzene rings is 1. The summed E-state index contributed by atoms with van der Waals surface area (Å²) < 4.78 is 5.90. The van der Waals surface area contributed by atoms with Gasteiger partial charge in [-0.3, -0.25) is 10.1 Å². The molecule has 0 saturated carbocycles. The Hall–Kier alpha value is -3.03. The Balaban J connectivity index is 1.48. The number of nitrogens with zero attached hydrogens (tertiary/aromatic N) is 3. The van der Waals surface area contributed by atoms with Crippen molar-refractivity contribution in [1.82, 2.24) is 15.1 Å². The van der Waals surface area contributed by atoms with Crippen LogP contribution in [0.4, 0.5) is 10.5 Å². The van der Waals surface area contributed by atoms with Gasteiger partial charge >= 0.3 is 6.09 Å². The molecule has 1 aromatic carbocycles. The number of nitrogen functional groups attached to an aromatic ring is 1. The van der Waals surface area contributed by atoms with Crippen LogP contribution < -0.4 is 15.8 Å². The van der Waals surface area contributed by atoms with E-state index in [1.165, 1.54) is 11.0 Å². The monoisotopic (exact) mass is 415 g/mol. The van der Waals surface area contributed by atoms with Crippen molar-refractivity contribution in [2.24, 2.45) is 11.8 Å². The third kappa shape index (κ3) is 3.62. The van der Waals surface area contributed by atoms with Crippen molar-refractivity contribution < 1.29 is 24.5 Å². The SMILES string of the molecule is N#Cc1ccc(OC2CCNC2(O)C(=O)N2CC3CC(CN(C(=O)O)C3)C2)c(N)c1. The van der Waals surface area contributed by atoms with Crippen LogP contribution in [0.1, 0.15) is 18.4 Å². The van der Waals surface area contributed by atoms with E-state index in [0.717, 1.165) is 6.42 Å². The lowest BCUT2D eigenvalue weighted by molar-refractivity contribution is -0.166. The van der Waals surface area contributed by atoms with Gasteiger partial charge < -0.3 is 30.5 Å². The van der Waals surface area contributed by atoms with Crippen molar-refractivity contribution >= 4 is 17.7 Å². The summed E-state index contributed by atoms with van der Waals surface area (Å²) in [6, 6.07) is 6.60. The Morgan fingerprint density at radius 1 is 1.23 bits per heavy atom. The lowest BCUT2D eigenvalue weighted by atomic mass is 9.84. The Morgan fingerprint density at radius 3 is 2.50 bits per heavy atom. The van der Waals surface area contributed by atoms with Crippen molar-refractivity contribution in [1.29, 1.82) is 5.26 Å². The van der Waals surface area contributed by atoms with Crippen LogP contribution in [0, 0.1) is 23.2 Å². The minimum atomic E-state index is -1.89. The molecule has 10 nitrogen and oxygen atoms in total. The number of nitriles is 1. The van der Waals surface area contributed by atoms with Crippen molar-refractivity contribution in [3.05, 3.63) is 23.8 Å². The largest absolute Gasteiger partial charge is 0.483 e. The zero-order valence-corrected chi connectivity index (χ0v) is 16.5. The summed E-state index contributed by atoms with van der Waals surface area (Å²) in [6.45, 7) is 1.98. The van der Waals surface area contributed by atoms with Gasteiger partial charge in [-0.05, 0) is 36.5 Å². The molecule has 2 amide bonds. The van der Waals surface area contributed by atoms with Gasteiger partial charge in [-0.2, -0.15) is 5.26 Å². The summed E-state index contributed by atoms with van der Waals surface area (Å²) in [4.78, 5) is 27.6. The van der Waals surface area contributed by atoms with E-state index in [9.17, 15) is 19.8 Å². The number of carbonyl (C=O) groups is 2. The minimum Gasteiger partial charge on any atom is -0.483 e. The second kappa shape index (κ2) is 7.66. The fourth-order valence-corrected chi connectivity index (χ4v) is 4.80. The maximum absolute atomic E-state index is 13.3. The molecule has 0 spiro atoms. The molecule has 1 aromatic rings. The fourth-order valence-electron chi connectivity index (χ4n) is 4.80. The molecule has 2 bridgehead atoms. The molecule has 30 heavy (non-hydrogen) atoms. The Labute approximate surface area is 173 Å². The first-order valence-corrected chi connectivity index (χ1v) is 10.0. The first-order chi connectivity index (χ1) is 14.3. The minimum absolute atomic E-state index is 0.0519. The topological polar surface area (TPSA) is 152 Å². The number of ether oxygens (including phenoxy) is 1. The van der Waals surface area contributed by atoms with Crippen molar-refractivity contribution in [2.45, 2.75) is 24.7 Å². The van der Waals surface area contributed by atoms with Gasteiger partial charge in [0.2, 0.25) is 5.72 Å². The van der Waals surface area contributed by atoms with Gasteiger partial charge in [0.1, 0.15) is 5.75 Å². The van der Waals surface area contributed by atoms with E-state index in [4.69, 9.17) is 15.7 Å². The molecule has 4 unspecified atom stereocenters. The lowest BCUT2D eigenvalue weighted by Crippen LogP contribution is -2.65. The van der Waals surface area contributed by atoms with E-state index in [1.807, 2.05) is 6.07 Å². The summed E-state index contributed by atoms with van der Waals surface area (Å²) in [7, 11) is 0. The van der Waals surface area contributed by atoms with Gasteiger partial charge in [0, 0.05) is 39.1 Å². The number of rotatable bonds is 3. The normalized spacial score (nSPS) is 30.6. The summed E-state index contributed by atoms with van der Waals surface area (Å²) in [6.07, 6.45) is -0.484. The fraction of sp³-hybridized carbons (Fsp3) is 0.550. The number of nitrogens with two attached hydrogens (primary N) is 1. The first kappa shape index (κ1) is 20.3. The van der Waals surface area contributed by atoms with Gasteiger partial charge in [-0.25, -0.2) is 4.79 Å². The maximum Gasteiger partial charge on any atom is 0.407 e. The third-order valence-corrected chi connectivity index (χ3v) is 6.14. The van der Waals surface area contributed by atoms with Gasteiger partial charge in [-0.1, -0.05) is 0 Å². The molecule has 10 heteroatoms. The number of anilines is 1. The smallest absolute Gasteiger partial charge is 0.407 e. The number of hydrogen-bond donors (Lipinski definition) is 4. The molecule has 3 fully saturated rings. The average molecular weight is 415 g/mol. The van der Waals surface area contributed by atoms with Gasteiger partial charge in [0.15, 0.2) is 6.10 Å². The highest BCUT2D eigenvalue weighted by atomic mass is 16.5. The van der Waals surface area contributed by atoms with Crippen LogP contribution in [0.5, 0.6) is 5.75 Å². The Bertz CT molecular complexity index is 888. The van der Waals surface area contributed by atoms with Crippen LogP contribution in [-0.2, 0) is 4.79 Å². The van der Waals surface area contributed by atoms with E-state index in [-0.39, 0.29) is 17.5 Å². The quantitative estimate of drug-likeness (QED) is 0.505. The standard InChI is InChI=1S/C20H25N5O5/c21-7-12-1-2-16(15(22)6-12)30-17-3-4-23-20(17,29)18(26)24-8-13-5-14(9-24)11-25(10-13)19(27)28/h1-2,6,13-14,17,23,29H,3-5,8-11,22H2,(H,27,28). The molecule has 0 aromatic heterocycles. The molecular formula is C20H25N5O5. The average Bonchev–Trinajstić information content (AvgIpc) is 3.09. The van der Waals surface area contributed by atoms with Crippen LogP contribution in [0.25, 0.3) is 0 Å². The number of fused-ring (bicyclic) bond motifs is 2. The number of aliphatic hydroxyl groups is 1. The maximum atomic E-state index is 13.3. The predicted molar refractivity (Wildman–Crippen MR) is 105 cm³/mol. The van der Waals surface area contributed by atoms with Crippen molar-refractivity contribution in [3.8, 4) is 11.8 Å². The number of carboxylic acid groups (broad SMARTS) is 1. The molecule has 0 aliphatic carbocycles. The van der Waals surface area contributed by atoms with E-state index in [2.05, 4.69) is 5.32 Å². The molecule has 5 N–H and O–H groups in total. The van der Waals surface area contributed by atoms with E-state index in [0.29, 0.717) is 50.5 Å². The van der Waals surface area contributed by atoms with Gasteiger partial charge in [0.05, 0.1) is 17.3 Å². The molecule has 3 aliphatic rings. The molecule has 4 rings (SSSR count). The molecule has 3 saturated heterocycles. The Kier molecular flexibility index (Phi) is 5.17. The number of amides is 2. The molecule has 160 valence electrons. The van der Waals surface area contributed by atoms with E-state index < -0.39 is 23.8 Å². The highest BCUT2D eigenvalue weighted by Crippen LogP contribution is 2.33. The summed E-state index contributed by atoms with van der Waals surface area (Å²) >= 11 is 0. The number of piperidine rings is 2. The van der Waals surface area contributed by atoms with E-state index in [1.54, 1.807) is 17.0 Å².